The molecule has 1 fully saturated rings. The Kier molecular flexibility index (Phi) is 6.39. The summed E-state index contributed by atoms with van der Waals surface area (Å²) in [6.45, 7) is 2.02. The highest BCUT2D eigenvalue weighted by atomic mass is 19.2. The van der Waals surface area contributed by atoms with Gasteiger partial charge in [-0.1, -0.05) is 30.0 Å². The molecule has 0 unspecified atom stereocenters. The number of benzene rings is 3. The number of hydrogen-bond acceptors (Lipinski definition) is 3. The summed E-state index contributed by atoms with van der Waals surface area (Å²) in [5.74, 6) is 4.82. The largest absolute Gasteiger partial charge is 0.385 e. The average molecular weight is 408 g/mol. The first kappa shape index (κ1) is 20.5. The van der Waals surface area contributed by atoms with E-state index in [4.69, 9.17) is 14.2 Å². The fraction of sp³-hybridized carbons (Fsp3) is 0.280. The third-order valence-corrected chi connectivity index (χ3v) is 5.11. The molecule has 0 atom stereocenters. The highest BCUT2D eigenvalue weighted by Gasteiger charge is 2.23. The summed E-state index contributed by atoms with van der Waals surface area (Å²) in [6.07, 6.45) is 0.565. The summed E-state index contributed by atoms with van der Waals surface area (Å²) in [4.78, 5) is 0. The molecule has 1 heterocycles. The third-order valence-electron chi connectivity index (χ3n) is 5.11. The van der Waals surface area contributed by atoms with E-state index < -0.39 is 11.6 Å². The van der Waals surface area contributed by atoms with Crippen molar-refractivity contribution in [1.29, 1.82) is 0 Å². The maximum Gasteiger partial charge on any atom is 0.183 e. The van der Waals surface area contributed by atoms with E-state index in [0.717, 1.165) is 23.1 Å². The molecule has 1 aliphatic rings. The molecule has 0 N–H and O–H groups in total. The average Bonchev–Trinajstić information content (AvgIpc) is 2.78. The minimum Gasteiger partial charge on any atom is -0.385 e. The van der Waals surface area contributed by atoms with Crippen LogP contribution in [0.15, 0.2) is 54.6 Å². The summed E-state index contributed by atoms with van der Waals surface area (Å²) < 4.78 is 43.6. The molecule has 0 aromatic heterocycles. The van der Waals surface area contributed by atoms with E-state index in [9.17, 15) is 8.78 Å². The molecule has 30 heavy (non-hydrogen) atoms. The molecule has 0 bridgehead atoms. The van der Waals surface area contributed by atoms with Gasteiger partial charge in [0.25, 0.3) is 0 Å². The lowest BCUT2D eigenvalue weighted by atomic mass is 10.1. The minimum atomic E-state index is -0.861. The fourth-order valence-corrected chi connectivity index (χ4v) is 3.37. The number of rotatable bonds is 4. The van der Waals surface area contributed by atoms with E-state index in [1.54, 1.807) is 25.3 Å². The Morgan fingerprint density at radius 3 is 2.20 bits per heavy atom. The monoisotopic (exact) mass is 408 g/mol. The predicted octanol–water partition coefficient (Wildman–Crippen LogP) is 5.22. The van der Waals surface area contributed by atoms with Gasteiger partial charge in [-0.3, -0.25) is 0 Å². The smallest absolute Gasteiger partial charge is 0.183 e. The van der Waals surface area contributed by atoms with Crippen molar-refractivity contribution < 1.29 is 23.0 Å². The molecule has 5 heteroatoms. The molecular formula is C25H22F2O3. The maximum absolute atomic E-state index is 13.5. The van der Waals surface area contributed by atoms with Gasteiger partial charge in [0.2, 0.25) is 0 Å². The van der Waals surface area contributed by atoms with Gasteiger partial charge in [0, 0.05) is 36.3 Å². The molecule has 4 rings (SSSR count). The van der Waals surface area contributed by atoms with Gasteiger partial charge in [0.15, 0.2) is 17.9 Å². The Morgan fingerprint density at radius 1 is 0.867 bits per heavy atom. The van der Waals surface area contributed by atoms with Crippen molar-refractivity contribution in [1.82, 2.24) is 0 Å². The lowest BCUT2D eigenvalue weighted by Crippen LogP contribution is -2.27. The second-order valence-electron chi connectivity index (χ2n) is 7.35. The Labute approximate surface area is 174 Å². The molecule has 0 saturated carbocycles. The SMILES string of the molecule is COCCC1COC(c2ccc(C#Cc3ccc4cc(F)c(F)cc4c3)cc2)OC1. The van der Waals surface area contributed by atoms with Gasteiger partial charge >= 0.3 is 0 Å². The van der Waals surface area contributed by atoms with Crippen LogP contribution in [0, 0.1) is 29.4 Å². The topological polar surface area (TPSA) is 27.7 Å². The summed E-state index contributed by atoms with van der Waals surface area (Å²) in [5.41, 5.74) is 2.53. The number of ether oxygens (including phenoxy) is 3. The zero-order valence-corrected chi connectivity index (χ0v) is 16.7. The van der Waals surface area contributed by atoms with Crippen LogP contribution in [0.1, 0.15) is 29.4 Å². The van der Waals surface area contributed by atoms with Gasteiger partial charge in [-0.2, -0.15) is 0 Å². The van der Waals surface area contributed by atoms with E-state index in [0.29, 0.717) is 36.5 Å². The zero-order valence-electron chi connectivity index (χ0n) is 16.7. The van der Waals surface area contributed by atoms with Crippen LogP contribution in [0.4, 0.5) is 8.78 Å². The number of hydrogen-bond donors (Lipinski definition) is 0. The molecule has 0 amide bonds. The van der Waals surface area contributed by atoms with Gasteiger partial charge in [-0.15, -0.1) is 0 Å². The van der Waals surface area contributed by atoms with Crippen LogP contribution >= 0.6 is 0 Å². The van der Waals surface area contributed by atoms with Crippen molar-refractivity contribution in [2.75, 3.05) is 26.9 Å². The predicted molar refractivity (Wildman–Crippen MR) is 111 cm³/mol. The molecule has 3 aromatic carbocycles. The first-order valence-electron chi connectivity index (χ1n) is 9.85. The first-order valence-corrected chi connectivity index (χ1v) is 9.85. The molecule has 3 aromatic rings. The molecule has 1 saturated heterocycles. The van der Waals surface area contributed by atoms with Crippen LogP contribution in [0.25, 0.3) is 10.8 Å². The van der Waals surface area contributed by atoms with E-state index >= 15 is 0 Å². The molecule has 154 valence electrons. The summed E-state index contributed by atoms with van der Waals surface area (Å²) in [7, 11) is 1.69. The van der Waals surface area contributed by atoms with Gasteiger partial charge in [0.1, 0.15) is 0 Å². The standard InChI is InChI=1S/C25H22F2O3/c1-28-11-10-19-15-29-25(30-16-19)20-7-4-17(5-8-20)2-3-18-6-9-21-13-23(26)24(27)14-22(21)12-18/h4-9,12-14,19,25H,10-11,15-16H2,1H3. The van der Waals surface area contributed by atoms with Gasteiger partial charge < -0.3 is 14.2 Å². The van der Waals surface area contributed by atoms with Crippen molar-refractivity contribution in [2.24, 2.45) is 5.92 Å². The number of methoxy groups -OCH3 is 1. The molecular weight excluding hydrogens is 386 g/mol. The van der Waals surface area contributed by atoms with Crippen LogP contribution in [0.2, 0.25) is 0 Å². The summed E-state index contributed by atoms with van der Waals surface area (Å²) in [6, 6.07) is 15.4. The minimum absolute atomic E-state index is 0.360. The van der Waals surface area contributed by atoms with Gasteiger partial charge in [-0.05, 0) is 53.6 Å². The van der Waals surface area contributed by atoms with Crippen molar-refractivity contribution in [2.45, 2.75) is 12.7 Å². The maximum atomic E-state index is 13.5. The Morgan fingerprint density at radius 2 is 1.50 bits per heavy atom. The zero-order chi connectivity index (χ0) is 20.9. The lowest BCUT2D eigenvalue weighted by molar-refractivity contribution is -0.207. The molecule has 0 spiro atoms. The van der Waals surface area contributed by atoms with Crippen LogP contribution in [0.5, 0.6) is 0 Å². The van der Waals surface area contributed by atoms with E-state index in [-0.39, 0.29) is 6.29 Å². The third kappa shape index (κ3) is 4.85. The number of halogens is 2. The Balaban J connectivity index is 1.42. The molecule has 0 radical (unpaired) electrons. The first-order chi connectivity index (χ1) is 14.6. The second kappa shape index (κ2) is 9.36. The van der Waals surface area contributed by atoms with Crippen molar-refractivity contribution >= 4 is 10.8 Å². The van der Waals surface area contributed by atoms with E-state index in [2.05, 4.69) is 11.8 Å². The van der Waals surface area contributed by atoms with E-state index in [1.165, 1.54) is 12.1 Å². The normalized spacial score (nSPS) is 18.8. The van der Waals surface area contributed by atoms with Crippen molar-refractivity contribution in [3.05, 3.63) is 82.9 Å². The lowest BCUT2D eigenvalue weighted by Gasteiger charge is -2.29. The molecule has 1 aliphatic heterocycles. The van der Waals surface area contributed by atoms with Gasteiger partial charge in [0.05, 0.1) is 13.2 Å². The quantitative estimate of drug-likeness (QED) is 0.555. The van der Waals surface area contributed by atoms with Crippen molar-refractivity contribution in [3.63, 3.8) is 0 Å². The van der Waals surface area contributed by atoms with Crippen LogP contribution in [-0.4, -0.2) is 26.9 Å². The van der Waals surface area contributed by atoms with Crippen LogP contribution < -0.4 is 0 Å². The fourth-order valence-electron chi connectivity index (χ4n) is 3.37. The van der Waals surface area contributed by atoms with E-state index in [1.807, 2.05) is 24.3 Å². The molecule has 0 aliphatic carbocycles. The van der Waals surface area contributed by atoms with Crippen LogP contribution in [-0.2, 0) is 14.2 Å². The second-order valence-corrected chi connectivity index (χ2v) is 7.35. The Bertz CT molecular complexity index is 1080. The highest BCUT2D eigenvalue weighted by molar-refractivity contribution is 5.84. The Hall–Kier alpha value is -2.78. The number of fused-ring (bicyclic) bond motifs is 1. The van der Waals surface area contributed by atoms with Crippen LogP contribution in [0.3, 0.4) is 0 Å². The van der Waals surface area contributed by atoms with Gasteiger partial charge in [-0.25, -0.2) is 8.78 Å². The van der Waals surface area contributed by atoms with Crippen molar-refractivity contribution in [3.8, 4) is 11.8 Å². The summed E-state index contributed by atoms with van der Waals surface area (Å²) in [5, 5.41) is 1.26. The summed E-state index contributed by atoms with van der Waals surface area (Å²) >= 11 is 0. The highest BCUT2D eigenvalue weighted by Crippen LogP contribution is 2.26. The molecule has 3 nitrogen and oxygen atoms in total.